The largest absolute Gasteiger partial charge is 0.346 e. The Kier molecular flexibility index (Phi) is 6.11. The number of amides is 1. The smallest absolute Gasteiger partial charge is 0.268 e. The van der Waals surface area contributed by atoms with Crippen molar-refractivity contribution < 1.29 is 4.79 Å². The Morgan fingerprint density at radius 3 is 2.60 bits per heavy atom. The van der Waals surface area contributed by atoms with Gasteiger partial charge in [-0.05, 0) is 36.7 Å². The summed E-state index contributed by atoms with van der Waals surface area (Å²) >= 11 is 18.8. The minimum absolute atomic E-state index is 0.0511. The molecule has 0 saturated carbocycles. The van der Waals surface area contributed by atoms with Gasteiger partial charge < -0.3 is 15.2 Å². The summed E-state index contributed by atoms with van der Waals surface area (Å²) < 4.78 is 3.32. The highest BCUT2D eigenvalue weighted by Gasteiger charge is 2.29. The zero-order valence-electron chi connectivity index (χ0n) is 16.6. The van der Waals surface area contributed by atoms with E-state index >= 15 is 0 Å². The van der Waals surface area contributed by atoms with Gasteiger partial charge in [-0.2, -0.15) is 5.10 Å². The van der Waals surface area contributed by atoms with Gasteiger partial charge in [0.25, 0.3) is 5.91 Å². The molecule has 4 rings (SSSR count). The molecule has 2 N–H and O–H groups in total. The van der Waals surface area contributed by atoms with E-state index in [2.05, 4.69) is 15.7 Å². The molecule has 2 aromatic heterocycles. The van der Waals surface area contributed by atoms with Crippen molar-refractivity contribution in [3.05, 3.63) is 63.0 Å². The van der Waals surface area contributed by atoms with Crippen molar-refractivity contribution in [3.63, 3.8) is 0 Å². The minimum atomic E-state index is -0.184. The van der Waals surface area contributed by atoms with Gasteiger partial charge in [0.15, 0.2) is 0 Å². The minimum Gasteiger partial charge on any atom is -0.346 e. The van der Waals surface area contributed by atoms with Crippen LogP contribution in [0.1, 0.15) is 28.4 Å². The normalized spacial score (nSPS) is 19.1. The second kappa shape index (κ2) is 8.63. The molecule has 9 heteroatoms. The standard InChI is InChI=1S/C21H22Cl3N5O/c1-28-18(9-15(20(28)24)19-16(23)10-26-29(19)2)21(30)27-17-11-25-8-7-14(17)12-3-5-13(22)6-4-12/h3-6,9-10,14,17,25H,7-8,11H2,1-2H3,(H,27,30)/t14-,17+/m0/s1. The van der Waals surface area contributed by atoms with Crippen LogP contribution in [0.15, 0.2) is 36.5 Å². The number of nitrogens with one attached hydrogen (secondary N) is 2. The van der Waals surface area contributed by atoms with Crippen LogP contribution in [-0.2, 0) is 14.1 Å². The fraction of sp³-hybridized carbons (Fsp3) is 0.333. The van der Waals surface area contributed by atoms with Crippen LogP contribution in [0.2, 0.25) is 15.2 Å². The molecule has 1 fully saturated rings. The zero-order chi connectivity index (χ0) is 21.4. The number of benzene rings is 1. The van der Waals surface area contributed by atoms with Gasteiger partial charge in [-0.15, -0.1) is 0 Å². The van der Waals surface area contributed by atoms with E-state index in [1.54, 1.807) is 35.6 Å². The Labute approximate surface area is 190 Å². The lowest BCUT2D eigenvalue weighted by molar-refractivity contribution is 0.0916. The molecule has 1 saturated heterocycles. The van der Waals surface area contributed by atoms with Crippen LogP contribution in [0, 0.1) is 0 Å². The summed E-state index contributed by atoms with van der Waals surface area (Å²) in [7, 11) is 3.55. The number of aryl methyl sites for hydroxylation is 1. The SMILES string of the molecule is Cn1ncc(Cl)c1-c1cc(C(=O)N[C@@H]2CNCC[C@H]2c2ccc(Cl)cc2)n(C)c1Cl. The highest BCUT2D eigenvalue weighted by atomic mass is 35.5. The maximum absolute atomic E-state index is 13.2. The highest BCUT2D eigenvalue weighted by molar-refractivity contribution is 6.36. The molecular formula is C21H22Cl3N5O. The molecule has 0 aliphatic carbocycles. The van der Waals surface area contributed by atoms with E-state index in [0.717, 1.165) is 13.0 Å². The summed E-state index contributed by atoms with van der Waals surface area (Å²) in [5, 5.41) is 12.3. The van der Waals surface area contributed by atoms with E-state index in [9.17, 15) is 4.79 Å². The van der Waals surface area contributed by atoms with Crippen LogP contribution in [0.4, 0.5) is 0 Å². The monoisotopic (exact) mass is 465 g/mol. The van der Waals surface area contributed by atoms with Gasteiger partial charge in [-0.1, -0.05) is 46.9 Å². The molecule has 0 bridgehead atoms. The molecular weight excluding hydrogens is 445 g/mol. The average Bonchev–Trinajstić information content (AvgIpc) is 3.21. The van der Waals surface area contributed by atoms with Crippen molar-refractivity contribution in [1.82, 2.24) is 25.0 Å². The van der Waals surface area contributed by atoms with Gasteiger partial charge in [0.2, 0.25) is 0 Å². The van der Waals surface area contributed by atoms with E-state index in [1.165, 1.54) is 5.56 Å². The Balaban J connectivity index is 1.60. The molecule has 0 spiro atoms. The van der Waals surface area contributed by atoms with Crippen LogP contribution in [-0.4, -0.2) is 39.4 Å². The van der Waals surface area contributed by atoms with E-state index in [4.69, 9.17) is 34.8 Å². The molecule has 0 unspecified atom stereocenters. The van der Waals surface area contributed by atoms with Gasteiger partial charge in [-0.25, -0.2) is 0 Å². The first-order valence-electron chi connectivity index (χ1n) is 9.67. The maximum Gasteiger partial charge on any atom is 0.268 e. The van der Waals surface area contributed by atoms with Crippen LogP contribution in [0.5, 0.6) is 0 Å². The predicted octanol–water partition coefficient (Wildman–Crippen LogP) is 4.26. The van der Waals surface area contributed by atoms with Crippen molar-refractivity contribution in [2.45, 2.75) is 18.4 Å². The third-order valence-electron chi connectivity index (χ3n) is 5.64. The van der Waals surface area contributed by atoms with Crippen molar-refractivity contribution in [3.8, 4) is 11.3 Å². The molecule has 1 aromatic carbocycles. The Morgan fingerprint density at radius 1 is 1.20 bits per heavy atom. The number of nitrogens with zero attached hydrogens (tertiary/aromatic N) is 3. The van der Waals surface area contributed by atoms with Crippen molar-refractivity contribution in [1.29, 1.82) is 0 Å². The molecule has 1 aliphatic heterocycles. The molecule has 3 heterocycles. The van der Waals surface area contributed by atoms with Crippen LogP contribution < -0.4 is 10.6 Å². The number of rotatable bonds is 4. The number of piperidine rings is 1. The number of hydrogen-bond acceptors (Lipinski definition) is 3. The summed E-state index contributed by atoms with van der Waals surface area (Å²) in [6.45, 7) is 1.59. The first-order valence-corrected chi connectivity index (χ1v) is 10.8. The zero-order valence-corrected chi connectivity index (χ0v) is 18.9. The van der Waals surface area contributed by atoms with E-state index < -0.39 is 0 Å². The van der Waals surface area contributed by atoms with Gasteiger partial charge in [0, 0.05) is 43.2 Å². The molecule has 1 aliphatic rings. The van der Waals surface area contributed by atoms with Crippen molar-refractivity contribution >= 4 is 40.7 Å². The molecule has 2 atom stereocenters. The molecule has 1 amide bonds. The highest BCUT2D eigenvalue weighted by Crippen LogP contribution is 2.35. The van der Waals surface area contributed by atoms with E-state index in [-0.39, 0.29) is 17.9 Å². The first-order chi connectivity index (χ1) is 14.4. The third-order valence-corrected chi connectivity index (χ3v) is 6.62. The second-order valence-electron chi connectivity index (χ2n) is 7.49. The lowest BCUT2D eigenvalue weighted by Crippen LogP contribution is -2.50. The van der Waals surface area contributed by atoms with E-state index in [1.807, 2.05) is 24.3 Å². The Bertz CT molecular complexity index is 1050. The molecule has 158 valence electrons. The van der Waals surface area contributed by atoms with Crippen molar-refractivity contribution in [2.75, 3.05) is 13.1 Å². The summed E-state index contributed by atoms with van der Waals surface area (Å²) in [5.74, 6) is 0.0193. The number of hydrogen-bond donors (Lipinski definition) is 2. The fourth-order valence-corrected chi connectivity index (χ4v) is 4.67. The number of carbonyl (C=O) groups excluding carboxylic acids is 1. The summed E-state index contributed by atoms with van der Waals surface area (Å²) in [5.41, 5.74) is 2.98. The molecule has 3 aromatic rings. The summed E-state index contributed by atoms with van der Waals surface area (Å²) in [6.07, 6.45) is 2.49. The van der Waals surface area contributed by atoms with Crippen LogP contribution in [0.3, 0.4) is 0 Å². The predicted molar refractivity (Wildman–Crippen MR) is 121 cm³/mol. The van der Waals surface area contributed by atoms with Gasteiger partial charge in [-0.3, -0.25) is 9.48 Å². The summed E-state index contributed by atoms with van der Waals surface area (Å²) in [4.78, 5) is 13.2. The molecule has 30 heavy (non-hydrogen) atoms. The lowest BCUT2D eigenvalue weighted by atomic mass is 9.86. The molecule has 6 nitrogen and oxygen atoms in total. The van der Waals surface area contributed by atoms with Gasteiger partial charge in [0.05, 0.1) is 16.9 Å². The van der Waals surface area contributed by atoms with Crippen LogP contribution >= 0.6 is 34.8 Å². The lowest BCUT2D eigenvalue weighted by Gasteiger charge is -2.33. The third kappa shape index (κ3) is 3.97. The number of aromatic nitrogens is 3. The van der Waals surface area contributed by atoms with Gasteiger partial charge >= 0.3 is 0 Å². The van der Waals surface area contributed by atoms with E-state index in [0.29, 0.717) is 38.7 Å². The first kappa shape index (κ1) is 21.2. The quantitative estimate of drug-likeness (QED) is 0.604. The number of halogens is 3. The summed E-state index contributed by atoms with van der Waals surface area (Å²) in [6, 6.07) is 9.54. The Morgan fingerprint density at radius 2 is 1.93 bits per heavy atom. The topological polar surface area (TPSA) is 63.9 Å². The molecule has 0 radical (unpaired) electrons. The maximum atomic E-state index is 13.2. The second-order valence-corrected chi connectivity index (χ2v) is 8.69. The average molecular weight is 467 g/mol. The Hall–Kier alpha value is -1.99. The van der Waals surface area contributed by atoms with Crippen molar-refractivity contribution in [2.24, 2.45) is 14.1 Å². The number of carbonyl (C=O) groups is 1. The van der Waals surface area contributed by atoms with Crippen LogP contribution in [0.25, 0.3) is 11.3 Å². The van der Waals surface area contributed by atoms with Gasteiger partial charge in [0.1, 0.15) is 10.8 Å². The fourth-order valence-electron chi connectivity index (χ4n) is 4.04.